The Bertz CT molecular complexity index is 525. The summed E-state index contributed by atoms with van der Waals surface area (Å²) in [6.45, 7) is 0. The van der Waals surface area contributed by atoms with E-state index >= 15 is 0 Å². The maximum Gasteiger partial charge on any atom is 0.208 e. The van der Waals surface area contributed by atoms with Crippen LogP contribution in [0.15, 0.2) is 12.1 Å². The first kappa shape index (κ1) is 11.1. The number of hydrogen-bond donors (Lipinski definition) is 1. The number of tetrazole rings is 1. The fraction of sp³-hybridized carbons (Fsp3) is 0.200. The van der Waals surface area contributed by atoms with Gasteiger partial charge in [-0.3, -0.25) is 4.79 Å². The van der Waals surface area contributed by atoms with Gasteiger partial charge in [0.05, 0.1) is 25.3 Å². The quantitative estimate of drug-likeness (QED) is 0.783. The van der Waals surface area contributed by atoms with E-state index in [9.17, 15) is 4.79 Å². The number of aldehydes is 1. The molecule has 2 aromatic rings. The molecule has 0 saturated heterocycles. The molecule has 1 N–H and O–H groups in total. The number of carbonyl (C=O) groups excluding carboxylic acids is 1. The minimum absolute atomic E-state index is 0.354. The first-order valence-corrected chi connectivity index (χ1v) is 4.75. The predicted octanol–water partition coefficient (Wildman–Crippen LogP) is 0.696. The number of nitrogens with one attached hydrogen (secondary N) is 1. The molecule has 0 bridgehead atoms. The Balaban J connectivity index is 2.62. The molecule has 0 aliphatic rings. The molecule has 0 unspecified atom stereocenters. The van der Waals surface area contributed by atoms with Crippen LogP contribution in [-0.4, -0.2) is 41.1 Å². The smallest absolute Gasteiger partial charge is 0.208 e. The topological polar surface area (TPSA) is 90.0 Å². The Morgan fingerprint density at radius 3 is 2.53 bits per heavy atom. The van der Waals surface area contributed by atoms with Crippen molar-refractivity contribution in [1.29, 1.82) is 0 Å². The van der Waals surface area contributed by atoms with Crippen LogP contribution in [0.2, 0.25) is 0 Å². The molecule has 1 aromatic carbocycles. The van der Waals surface area contributed by atoms with Crippen LogP contribution in [0.5, 0.6) is 11.5 Å². The van der Waals surface area contributed by atoms with Crippen molar-refractivity contribution in [2.75, 3.05) is 14.2 Å². The zero-order valence-corrected chi connectivity index (χ0v) is 9.30. The summed E-state index contributed by atoms with van der Waals surface area (Å²) in [5.41, 5.74) is 0.970. The minimum Gasteiger partial charge on any atom is -0.496 e. The van der Waals surface area contributed by atoms with Crippen LogP contribution in [0, 0.1) is 0 Å². The molecule has 0 spiro atoms. The first-order chi connectivity index (χ1) is 8.30. The third-order valence-corrected chi connectivity index (χ3v) is 2.27. The van der Waals surface area contributed by atoms with Crippen LogP contribution in [0.4, 0.5) is 0 Å². The highest BCUT2D eigenvalue weighted by Gasteiger charge is 2.15. The van der Waals surface area contributed by atoms with Crippen LogP contribution in [-0.2, 0) is 0 Å². The Hall–Kier alpha value is -2.44. The number of nitrogens with zero attached hydrogens (tertiary/aromatic N) is 3. The van der Waals surface area contributed by atoms with E-state index in [0.717, 1.165) is 0 Å². The van der Waals surface area contributed by atoms with Crippen LogP contribution in [0.25, 0.3) is 11.4 Å². The van der Waals surface area contributed by atoms with Gasteiger partial charge in [-0.25, -0.2) is 0 Å². The molecule has 0 atom stereocenters. The molecule has 0 amide bonds. The number of rotatable bonds is 4. The maximum absolute atomic E-state index is 10.9. The van der Waals surface area contributed by atoms with Gasteiger partial charge < -0.3 is 9.47 Å². The molecular weight excluding hydrogens is 224 g/mol. The van der Waals surface area contributed by atoms with Crippen molar-refractivity contribution < 1.29 is 14.3 Å². The summed E-state index contributed by atoms with van der Waals surface area (Å²) in [7, 11) is 2.99. The van der Waals surface area contributed by atoms with Gasteiger partial charge in [-0.1, -0.05) is 0 Å². The third-order valence-electron chi connectivity index (χ3n) is 2.27. The van der Waals surface area contributed by atoms with Gasteiger partial charge in [0.25, 0.3) is 0 Å². The van der Waals surface area contributed by atoms with Crippen molar-refractivity contribution in [3.8, 4) is 22.9 Å². The molecule has 0 fully saturated rings. The zero-order chi connectivity index (χ0) is 12.3. The summed E-state index contributed by atoms with van der Waals surface area (Å²) < 4.78 is 10.3. The Kier molecular flexibility index (Phi) is 2.99. The first-order valence-electron chi connectivity index (χ1n) is 4.75. The number of carbonyl (C=O) groups is 1. The number of benzene rings is 1. The average Bonchev–Trinajstić information content (AvgIpc) is 2.90. The highest BCUT2D eigenvalue weighted by molar-refractivity contribution is 5.84. The minimum atomic E-state index is 0.354. The van der Waals surface area contributed by atoms with Gasteiger partial charge in [0, 0.05) is 6.07 Å². The van der Waals surface area contributed by atoms with Crippen molar-refractivity contribution in [1.82, 2.24) is 20.6 Å². The van der Waals surface area contributed by atoms with Gasteiger partial charge in [-0.15, -0.1) is 10.2 Å². The van der Waals surface area contributed by atoms with Crippen LogP contribution >= 0.6 is 0 Å². The predicted molar refractivity (Wildman–Crippen MR) is 58.1 cm³/mol. The van der Waals surface area contributed by atoms with E-state index in [0.29, 0.717) is 34.7 Å². The van der Waals surface area contributed by atoms with Gasteiger partial charge in [0.1, 0.15) is 11.5 Å². The van der Waals surface area contributed by atoms with Gasteiger partial charge in [0.15, 0.2) is 6.29 Å². The highest BCUT2D eigenvalue weighted by Crippen LogP contribution is 2.33. The second-order valence-corrected chi connectivity index (χ2v) is 3.15. The second-order valence-electron chi connectivity index (χ2n) is 3.15. The molecule has 0 radical (unpaired) electrons. The summed E-state index contributed by atoms with van der Waals surface area (Å²) in [6, 6.07) is 3.20. The van der Waals surface area contributed by atoms with E-state index in [2.05, 4.69) is 20.6 Å². The molecule has 0 aliphatic heterocycles. The zero-order valence-electron chi connectivity index (χ0n) is 9.30. The number of aromatic nitrogens is 4. The van der Waals surface area contributed by atoms with Crippen molar-refractivity contribution in [2.24, 2.45) is 0 Å². The summed E-state index contributed by atoms with van der Waals surface area (Å²) in [6.07, 6.45) is 0.696. The van der Waals surface area contributed by atoms with Crippen molar-refractivity contribution in [3.63, 3.8) is 0 Å². The monoisotopic (exact) mass is 234 g/mol. The summed E-state index contributed by atoms with van der Waals surface area (Å²) in [5, 5.41) is 13.5. The van der Waals surface area contributed by atoms with Crippen LogP contribution < -0.4 is 9.47 Å². The lowest BCUT2D eigenvalue weighted by Gasteiger charge is -2.09. The standard InChI is InChI=1S/C10H10N4O3/c1-16-8-4-9(17-2)7(3-6(8)5-15)10-11-13-14-12-10/h3-5H,1-2H3,(H,11,12,13,14). The number of H-pyrrole nitrogens is 1. The normalized spacial score (nSPS) is 10.0. The second kappa shape index (κ2) is 4.60. The van der Waals surface area contributed by atoms with E-state index < -0.39 is 0 Å². The molecule has 88 valence electrons. The molecule has 1 heterocycles. The lowest BCUT2D eigenvalue weighted by Crippen LogP contribution is -1.96. The molecule has 1 aromatic heterocycles. The highest BCUT2D eigenvalue weighted by atomic mass is 16.5. The van der Waals surface area contributed by atoms with Crippen LogP contribution in [0.1, 0.15) is 10.4 Å². The molecule has 0 aliphatic carbocycles. The number of ether oxygens (including phenoxy) is 2. The van der Waals surface area contributed by atoms with E-state index in [1.54, 1.807) is 12.1 Å². The largest absolute Gasteiger partial charge is 0.496 e. The van der Waals surface area contributed by atoms with E-state index in [1.165, 1.54) is 14.2 Å². The Morgan fingerprint density at radius 1 is 1.24 bits per heavy atom. The molecule has 7 nitrogen and oxygen atoms in total. The SMILES string of the molecule is COc1cc(OC)c(-c2nn[nH]n2)cc1C=O. The van der Waals surface area contributed by atoms with E-state index in [-0.39, 0.29) is 0 Å². The van der Waals surface area contributed by atoms with Crippen LogP contribution in [0.3, 0.4) is 0 Å². The molecule has 0 saturated carbocycles. The number of hydrogen-bond acceptors (Lipinski definition) is 6. The lowest BCUT2D eigenvalue weighted by atomic mass is 10.1. The van der Waals surface area contributed by atoms with E-state index in [4.69, 9.17) is 9.47 Å². The van der Waals surface area contributed by atoms with Crippen molar-refractivity contribution >= 4 is 6.29 Å². The van der Waals surface area contributed by atoms with Crippen molar-refractivity contribution in [2.45, 2.75) is 0 Å². The van der Waals surface area contributed by atoms with Gasteiger partial charge >= 0.3 is 0 Å². The van der Waals surface area contributed by atoms with Crippen molar-refractivity contribution in [3.05, 3.63) is 17.7 Å². The molecule has 7 heteroatoms. The van der Waals surface area contributed by atoms with E-state index in [1.807, 2.05) is 0 Å². The lowest BCUT2D eigenvalue weighted by molar-refractivity contribution is 0.112. The fourth-order valence-electron chi connectivity index (χ4n) is 1.47. The number of aromatic amines is 1. The average molecular weight is 234 g/mol. The summed E-state index contributed by atoms with van der Waals surface area (Å²) in [4.78, 5) is 10.9. The van der Waals surface area contributed by atoms with Gasteiger partial charge in [-0.2, -0.15) is 5.21 Å². The molecule has 17 heavy (non-hydrogen) atoms. The Morgan fingerprint density at radius 2 is 2.00 bits per heavy atom. The fourth-order valence-corrected chi connectivity index (χ4v) is 1.47. The molecular formula is C10H10N4O3. The number of methoxy groups -OCH3 is 2. The van der Waals surface area contributed by atoms with Gasteiger partial charge in [0.2, 0.25) is 5.82 Å². The van der Waals surface area contributed by atoms with Gasteiger partial charge in [-0.05, 0) is 11.3 Å². The molecule has 2 rings (SSSR count). The Labute approximate surface area is 96.7 Å². The summed E-state index contributed by atoms with van der Waals surface area (Å²) in [5.74, 6) is 1.30. The summed E-state index contributed by atoms with van der Waals surface area (Å²) >= 11 is 0. The maximum atomic E-state index is 10.9. The third kappa shape index (κ3) is 1.94.